The Bertz CT molecular complexity index is 775. The second kappa shape index (κ2) is 8.07. The molecule has 2 aliphatic rings. The van der Waals surface area contributed by atoms with E-state index >= 15 is 0 Å². The Labute approximate surface area is 155 Å². The van der Waals surface area contributed by atoms with Crippen molar-refractivity contribution in [1.29, 1.82) is 5.26 Å². The van der Waals surface area contributed by atoms with E-state index in [1.165, 1.54) is 32.1 Å². The first-order valence-electron chi connectivity index (χ1n) is 9.91. The minimum atomic E-state index is -0.347. The number of rotatable bonds is 4. The lowest BCUT2D eigenvalue weighted by Gasteiger charge is -2.39. The van der Waals surface area contributed by atoms with Crippen molar-refractivity contribution in [2.45, 2.75) is 77.7 Å². The van der Waals surface area contributed by atoms with E-state index in [-0.39, 0.29) is 17.0 Å². The Morgan fingerprint density at radius 3 is 2.65 bits per heavy atom. The largest absolute Gasteiger partial charge is 0.353 e. The lowest BCUT2D eigenvalue weighted by atomic mass is 9.69. The maximum Gasteiger partial charge on any atom is 0.266 e. The number of aromatic nitrogens is 1. The predicted molar refractivity (Wildman–Crippen MR) is 101 cm³/mol. The number of hydrogen-bond acceptors (Lipinski definition) is 3. The Kier molecular flexibility index (Phi) is 5.80. The van der Waals surface area contributed by atoms with Gasteiger partial charge in [-0.3, -0.25) is 9.59 Å². The molecule has 0 aromatic carbocycles. The fourth-order valence-corrected chi connectivity index (χ4v) is 4.96. The van der Waals surface area contributed by atoms with Crippen molar-refractivity contribution in [2.24, 2.45) is 11.8 Å². The number of carbonyl (C=O) groups is 1. The van der Waals surface area contributed by atoms with Gasteiger partial charge in [0.15, 0.2) is 0 Å². The summed E-state index contributed by atoms with van der Waals surface area (Å²) in [5.74, 6) is 1.75. The highest BCUT2D eigenvalue weighted by Gasteiger charge is 2.32. The van der Waals surface area contributed by atoms with E-state index in [9.17, 15) is 9.59 Å². The van der Waals surface area contributed by atoms with Gasteiger partial charge in [0.2, 0.25) is 5.91 Å². The first-order chi connectivity index (χ1) is 12.5. The molecule has 3 rings (SSSR count). The standard InChI is InChI=1S/C21H29N3O2/c1-13-18(14(2)23-21(26)19(13)12-22)9-10-20(25)24-17-8-7-15-5-3-4-6-16(15)11-17/h15-17H,3-11H2,1-2H3,(H,23,26)(H,24,25)/t15-,16-,17+/m0/s1. The number of hydrogen-bond donors (Lipinski definition) is 2. The number of amides is 1. The fourth-order valence-electron chi connectivity index (χ4n) is 4.96. The van der Waals surface area contributed by atoms with E-state index in [1.54, 1.807) is 6.92 Å². The fraction of sp³-hybridized carbons (Fsp3) is 0.667. The van der Waals surface area contributed by atoms with E-state index in [1.807, 2.05) is 13.0 Å². The molecule has 26 heavy (non-hydrogen) atoms. The van der Waals surface area contributed by atoms with Gasteiger partial charge in [-0.15, -0.1) is 0 Å². The van der Waals surface area contributed by atoms with Crippen molar-refractivity contribution in [3.63, 3.8) is 0 Å². The summed E-state index contributed by atoms with van der Waals surface area (Å²) in [7, 11) is 0. The number of aryl methyl sites for hydroxylation is 1. The second-order valence-corrected chi connectivity index (χ2v) is 8.05. The quantitative estimate of drug-likeness (QED) is 0.869. The van der Waals surface area contributed by atoms with E-state index < -0.39 is 0 Å². The van der Waals surface area contributed by atoms with Crippen LogP contribution < -0.4 is 10.9 Å². The van der Waals surface area contributed by atoms with Gasteiger partial charge in [-0.25, -0.2) is 0 Å². The van der Waals surface area contributed by atoms with Gasteiger partial charge in [0.25, 0.3) is 5.56 Å². The number of nitrogens with zero attached hydrogens (tertiary/aromatic N) is 1. The minimum absolute atomic E-state index is 0.0766. The molecule has 140 valence electrons. The van der Waals surface area contributed by atoms with Crippen molar-refractivity contribution in [3.05, 3.63) is 32.7 Å². The average molecular weight is 355 g/mol. The van der Waals surface area contributed by atoms with Crippen LogP contribution in [0.25, 0.3) is 0 Å². The van der Waals surface area contributed by atoms with Gasteiger partial charge in [-0.05, 0) is 62.5 Å². The number of nitrogens with one attached hydrogen (secondary N) is 2. The molecule has 2 fully saturated rings. The summed E-state index contributed by atoms with van der Waals surface area (Å²) < 4.78 is 0. The number of carbonyl (C=O) groups excluding carboxylic acids is 1. The summed E-state index contributed by atoms with van der Waals surface area (Å²) in [6.07, 6.45) is 9.83. The van der Waals surface area contributed by atoms with Gasteiger partial charge in [-0.1, -0.05) is 25.7 Å². The third-order valence-electron chi connectivity index (χ3n) is 6.43. The molecular formula is C21H29N3O2. The second-order valence-electron chi connectivity index (χ2n) is 8.05. The SMILES string of the molecule is Cc1[nH]c(=O)c(C#N)c(C)c1CCC(=O)N[C@@H]1CC[C@@H]2CCCC[C@H]2C1. The van der Waals surface area contributed by atoms with Gasteiger partial charge < -0.3 is 10.3 Å². The van der Waals surface area contributed by atoms with Crippen LogP contribution in [0.5, 0.6) is 0 Å². The normalized spacial score (nSPS) is 25.2. The average Bonchev–Trinajstić information content (AvgIpc) is 2.61. The van der Waals surface area contributed by atoms with Crippen LogP contribution in [0.2, 0.25) is 0 Å². The lowest BCUT2D eigenvalue weighted by molar-refractivity contribution is -0.122. The molecule has 1 aromatic rings. The molecular weight excluding hydrogens is 326 g/mol. The minimum Gasteiger partial charge on any atom is -0.353 e. The number of pyridine rings is 1. The van der Waals surface area contributed by atoms with E-state index in [4.69, 9.17) is 5.26 Å². The third-order valence-corrected chi connectivity index (χ3v) is 6.43. The third kappa shape index (κ3) is 4.00. The molecule has 1 heterocycles. The topological polar surface area (TPSA) is 85.8 Å². The molecule has 0 unspecified atom stereocenters. The van der Waals surface area contributed by atoms with Crippen molar-refractivity contribution >= 4 is 5.91 Å². The molecule has 2 saturated carbocycles. The Morgan fingerprint density at radius 1 is 1.19 bits per heavy atom. The Balaban J connectivity index is 1.57. The molecule has 5 heteroatoms. The Morgan fingerprint density at radius 2 is 1.92 bits per heavy atom. The number of fused-ring (bicyclic) bond motifs is 1. The van der Waals surface area contributed by atoms with Gasteiger partial charge in [0.1, 0.15) is 11.6 Å². The summed E-state index contributed by atoms with van der Waals surface area (Å²) in [4.78, 5) is 27.0. The van der Waals surface area contributed by atoms with Crippen LogP contribution in [0.4, 0.5) is 0 Å². The summed E-state index contributed by atoms with van der Waals surface area (Å²) in [5.41, 5.74) is 2.17. The molecule has 2 N–H and O–H groups in total. The number of H-pyrrole nitrogens is 1. The van der Waals surface area contributed by atoms with E-state index in [0.29, 0.717) is 24.4 Å². The summed E-state index contributed by atoms with van der Waals surface area (Å²) >= 11 is 0. The monoisotopic (exact) mass is 355 g/mol. The Hall–Kier alpha value is -2.09. The van der Waals surface area contributed by atoms with E-state index in [0.717, 1.165) is 35.9 Å². The van der Waals surface area contributed by atoms with Crippen LogP contribution in [0.1, 0.15) is 73.8 Å². The molecule has 1 aromatic heterocycles. The molecule has 0 bridgehead atoms. The number of nitriles is 1. The highest BCUT2D eigenvalue weighted by molar-refractivity contribution is 5.76. The molecule has 0 saturated heterocycles. The van der Waals surface area contributed by atoms with Crippen molar-refractivity contribution in [1.82, 2.24) is 10.3 Å². The summed E-state index contributed by atoms with van der Waals surface area (Å²) in [6, 6.07) is 2.28. The maximum absolute atomic E-state index is 12.4. The van der Waals surface area contributed by atoms with Crippen LogP contribution in [0, 0.1) is 37.0 Å². The number of aromatic amines is 1. The van der Waals surface area contributed by atoms with Crippen LogP contribution in [-0.2, 0) is 11.2 Å². The first kappa shape index (κ1) is 18.7. The molecule has 0 aliphatic heterocycles. The van der Waals surface area contributed by atoms with Gasteiger partial charge in [0, 0.05) is 18.2 Å². The van der Waals surface area contributed by atoms with Crippen molar-refractivity contribution < 1.29 is 4.79 Å². The van der Waals surface area contributed by atoms with Gasteiger partial charge >= 0.3 is 0 Å². The zero-order valence-corrected chi connectivity index (χ0v) is 15.9. The molecule has 0 radical (unpaired) electrons. The zero-order valence-electron chi connectivity index (χ0n) is 15.9. The molecule has 0 spiro atoms. The predicted octanol–water partition coefficient (Wildman–Crippen LogP) is 3.27. The van der Waals surface area contributed by atoms with Crippen LogP contribution in [0.15, 0.2) is 4.79 Å². The lowest BCUT2D eigenvalue weighted by Crippen LogP contribution is -2.41. The van der Waals surface area contributed by atoms with Crippen LogP contribution in [0.3, 0.4) is 0 Å². The highest BCUT2D eigenvalue weighted by atomic mass is 16.1. The maximum atomic E-state index is 12.4. The molecule has 2 aliphatic carbocycles. The first-order valence-corrected chi connectivity index (χ1v) is 9.91. The van der Waals surface area contributed by atoms with Gasteiger partial charge in [0.05, 0.1) is 0 Å². The summed E-state index contributed by atoms with van der Waals surface area (Å²) in [6.45, 7) is 3.62. The van der Waals surface area contributed by atoms with Crippen LogP contribution in [-0.4, -0.2) is 16.9 Å². The highest BCUT2D eigenvalue weighted by Crippen LogP contribution is 2.40. The molecule has 5 nitrogen and oxygen atoms in total. The van der Waals surface area contributed by atoms with Gasteiger partial charge in [-0.2, -0.15) is 5.26 Å². The summed E-state index contributed by atoms with van der Waals surface area (Å²) in [5, 5.41) is 12.4. The van der Waals surface area contributed by atoms with Crippen molar-refractivity contribution in [2.75, 3.05) is 0 Å². The van der Waals surface area contributed by atoms with E-state index in [2.05, 4.69) is 10.3 Å². The molecule has 3 atom stereocenters. The smallest absolute Gasteiger partial charge is 0.266 e. The van der Waals surface area contributed by atoms with Crippen molar-refractivity contribution in [3.8, 4) is 6.07 Å². The zero-order chi connectivity index (χ0) is 18.7. The molecule has 1 amide bonds. The van der Waals surface area contributed by atoms with Crippen LogP contribution >= 0.6 is 0 Å².